The summed E-state index contributed by atoms with van der Waals surface area (Å²) in [4.78, 5) is 0. The molecule has 0 amide bonds. The molecule has 76 valence electrons. The van der Waals surface area contributed by atoms with Crippen LogP contribution in [0.4, 0.5) is 13.2 Å². The molecule has 1 aliphatic carbocycles. The van der Waals surface area contributed by atoms with Gasteiger partial charge in [0.05, 0.1) is 5.57 Å². The average molecular weight is 200 g/mol. The molecule has 0 N–H and O–H groups in total. The van der Waals surface area contributed by atoms with Crippen molar-refractivity contribution >= 4 is 0 Å². The normalized spacial score (nSPS) is 27.0. The van der Waals surface area contributed by atoms with Crippen LogP contribution in [-0.4, -0.2) is 6.18 Å². The largest absolute Gasteiger partial charge is 0.416 e. The molecule has 1 unspecified atom stereocenters. The molecule has 0 aliphatic heterocycles. The number of allylic oxidation sites excluding steroid dienone is 7. The third kappa shape index (κ3) is 2.37. The van der Waals surface area contributed by atoms with E-state index in [2.05, 4.69) is 6.58 Å². The molecule has 0 radical (unpaired) electrons. The standard InChI is InChI=1S/C11H11F3/c1-3-10(2)7-4-5-9(6-8-10)11(12,13)14/h3-8H,1H2,2H3. The molecule has 1 aliphatic rings. The first-order valence-corrected chi connectivity index (χ1v) is 4.17. The average Bonchev–Trinajstić information content (AvgIpc) is 2.27. The molecule has 0 aromatic carbocycles. The summed E-state index contributed by atoms with van der Waals surface area (Å²) in [7, 11) is 0. The molecule has 14 heavy (non-hydrogen) atoms. The van der Waals surface area contributed by atoms with Gasteiger partial charge in [0.15, 0.2) is 0 Å². The lowest BCUT2D eigenvalue weighted by atomic mass is 9.90. The number of hydrogen-bond donors (Lipinski definition) is 0. The first-order valence-electron chi connectivity index (χ1n) is 4.17. The van der Waals surface area contributed by atoms with Crippen LogP contribution in [0.25, 0.3) is 0 Å². The lowest BCUT2D eigenvalue weighted by Crippen LogP contribution is -2.10. The van der Waals surface area contributed by atoms with Crippen molar-refractivity contribution < 1.29 is 13.2 Å². The van der Waals surface area contributed by atoms with Gasteiger partial charge in [-0.3, -0.25) is 0 Å². The van der Waals surface area contributed by atoms with Gasteiger partial charge >= 0.3 is 6.18 Å². The Morgan fingerprint density at radius 1 is 1.36 bits per heavy atom. The van der Waals surface area contributed by atoms with Crippen molar-refractivity contribution in [1.82, 2.24) is 0 Å². The van der Waals surface area contributed by atoms with Crippen LogP contribution in [-0.2, 0) is 0 Å². The fourth-order valence-electron chi connectivity index (χ4n) is 1.06. The Morgan fingerprint density at radius 2 is 2.00 bits per heavy atom. The van der Waals surface area contributed by atoms with Gasteiger partial charge in [-0.2, -0.15) is 13.2 Å². The van der Waals surface area contributed by atoms with Gasteiger partial charge in [-0.05, 0) is 6.92 Å². The van der Waals surface area contributed by atoms with Gasteiger partial charge in [-0.1, -0.05) is 36.5 Å². The minimum absolute atomic E-state index is 0.497. The SMILES string of the molecule is C=CC1(C)C=CC=C(C(F)(F)F)C=C1. The zero-order chi connectivity index (χ0) is 10.8. The lowest BCUT2D eigenvalue weighted by molar-refractivity contribution is -0.0881. The van der Waals surface area contributed by atoms with Gasteiger partial charge in [0.1, 0.15) is 0 Å². The Hall–Kier alpha value is -1.25. The molecule has 0 fully saturated rings. The van der Waals surface area contributed by atoms with Crippen LogP contribution in [0.15, 0.2) is 48.6 Å². The van der Waals surface area contributed by atoms with E-state index in [0.29, 0.717) is 0 Å². The van der Waals surface area contributed by atoms with E-state index in [1.807, 2.05) is 0 Å². The summed E-state index contributed by atoms with van der Waals surface area (Å²) in [5, 5.41) is 0. The fraction of sp³-hybridized carbons (Fsp3) is 0.273. The zero-order valence-electron chi connectivity index (χ0n) is 7.81. The van der Waals surface area contributed by atoms with Gasteiger partial charge in [-0.15, -0.1) is 6.58 Å². The van der Waals surface area contributed by atoms with Crippen LogP contribution < -0.4 is 0 Å². The van der Waals surface area contributed by atoms with E-state index in [1.54, 1.807) is 19.1 Å². The number of halogens is 3. The molecule has 0 saturated heterocycles. The van der Waals surface area contributed by atoms with Crippen molar-refractivity contribution in [2.24, 2.45) is 5.41 Å². The molecule has 0 heterocycles. The number of rotatable bonds is 1. The van der Waals surface area contributed by atoms with Crippen LogP contribution >= 0.6 is 0 Å². The molecule has 1 rings (SSSR count). The van der Waals surface area contributed by atoms with E-state index in [9.17, 15) is 13.2 Å². The van der Waals surface area contributed by atoms with E-state index >= 15 is 0 Å². The highest BCUT2D eigenvalue weighted by Crippen LogP contribution is 2.31. The first kappa shape index (κ1) is 10.8. The second kappa shape index (κ2) is 3.48. The zero-order valence-corrected chi connectivity index (χ0v) is 7.81. The Labute approximate surface area is 81.1 Å². The molecule has 0 saturated carbocycles. The van der Waals surface area contributed by atoms with Crippen molar-refractivity contribution in [2.45, 2.75) is 13.1 Å². The Bertz CT molecular complexity index is 318. The van der Waals surface area contributed by atoms with Crippen molar-refractivity contribution in [3.8, 4) is 0 Å². The highest BCUT2D eigenvalue weighted by atomic mass is 19.4. The predicted molar refractivity (Wildman–Crippen MR) is 50.7 cm³/mol. The predicted octanol–water partition coefficient (Wildman–Crippen LogP) is 3.79. The monoisotopic (exact) mass is 200 g/mol. The summed E-state index contributed by atoms with van der Waals surface area (Å²) in [6.07, 6.45) is 4.04. The third-order valence-electron chi connectivity index (χ3n) is 2.12. The van der Waals surface area contributed by atoms with Gasteiger partial charge in [0, 0.05) is 5.41 Å². The molecule has 0 nitrogen and oxygen atoms in total. The Morgan fingerprint density at radius 3 is 2.50 bits per heavy atom. The maximum atomic E-state index is 12.3. The summed E-state index contributed by atoms with van der Waals surface area (Å²) < 4.78 is 36.9. The smallest absolute Gasteiger partial charge is 0.166 e. The third-order valence-corrected chi connectivity index (χ3v) is 2.12. The molecule has 0 spiro atoms. The lowest BCUT2D eigenvalue weighted by Gasteiger charge is -2.14. The van der Waals surface area contributed by atoms with Crippen molar-refractivity contribution in [1.29, 1.82) is 0 Å². The Balaban J connectivity index is 3.01. The number of hydrogen-bond acceptors (Lipinski definition) is 0. The van der Waals surface area contributed by atoms with Crippen LogP contribution in [0.2, 0.25) is 0 Å². The van der Waals surface area contributed by atoms with E-state index in [0.717, 1.165) is 12.2 Å². The molecular weight excluding hydrogens is 189 g/mol. The van der Waals surface area contributed by atoms with Gasteiger partial charge in [0.25, 0.3) is 0 Å². The van der Waals surface area contributed by atoms with E-state index in [1.165, 1.54) is 12.2 Å². The highest BCUT2D eigenvalue weighted by molar-refractivity contribution is 5.36. The quantitative estimate of drug-likeness (QED) is 0.565. The van der Waals surface area contributed by atoms with E-state index in [4.69, 9.17) is 0 Å². The number of alkyl halides is 3. The van der Waals surface area contributed by atoms with Crippen molar-refractivity contribution in [3.05, 3.63) is 48.6 Å². The summed E-state index contributed by atoms with van der Waals surface area (Å²) >= 11 is 0. The molecule has 3 heteroatoms. The van der Waals surface area contributed by atoms with Crippen molar-refractivity contribution in [2.75, 3.05) is 0 Å². The maximum absolute atomic E-state index is 12.3. The van der Waals surface area contributed by atoms with Gasteiger partial charge in [0.2, 0.25) is 0 Å². The maximum Gasteiger partial charge on any atom is 0.416 e. The minimum atomic E-state index is -4.28. The van der Waals surface area contributed by atoms with Crippen LogP contribution in [0.5, 0.6) is 0 Å². The fourth-order valence-corrected chi connectivity index (χ4v) is 1.06. The second-order valence-corrected chi connectivity index (χ2v) is 3.38. The van der Waals surface area contributed by atoms with E-state index < -0.39 is 17.2 Å². The Kier molecular flexibility index (Phi) is 2.69. The summed E-state index contributed by atoms with van der Waals surface area (Å²) in [5.41, 5.74) is -1.14. The second-order valence-electron chi connectivity index (χ2n) is 3.38. The van der Waals surface area contributed by atoms with Gasteiger partial charge < -0.3 is 0 Å². The van der Waals surface area contributed by atoms with Crippen molar-refractivity contribution in [3.63, 3.8) is 0 Å². The summed E-state index contributed by atoms with van der Waals surface area (Å²) in [6.45, 7) is 5.37. The highest BCUT2D eigenvalue weighted by Gasteiger charge is 2.32. The molecule has 0 bridgehead atoms. The summed E-state index contributed by atoms with van der Waals surface area (Å²) in [5.74, 6) is 0. The van der Waals surface area contributed by atoms with Crippen LogP contribution in [0.3, 0.4) is 0 Å². The molecule has 0 aromatic heterocycles. The van der Waals surface area contributed by atoms with E-state index in [-0.39, 0.29) is 0 Å². The van der Waals surface area contributed by atoms with Gasteiger partial charge in [-0.25, -0.2) is 0 Å². The van der Waals surface area contributed by atoms with Crippen LogP contribution in [0.1, 0.15) is 6.92 Å². The summed E-state index contributed by atoms with van der Waals surface area (Å²) in [6, 6.07) is 0. The molecule has 0 aromatic rings. The minimum Gasteiger partial charge on any atom is -0.166 e. The topological polar surface area (TPSA) is 0 Å². The van der Waals surface area contributed by atoms with Crippen LogP contribution in [0, 0.1) is 5.41 Å². The molecular formula is C11H11F3. The molecule has 1 atom stereocenters. The first-order chi connectivity index (χ1) is 6.37.